The van der Waals surface area contributed by atoms with Crippen LogP contribution in [0.4, 0.5) is 0 Å². The van der Waals surface area contributed by atoms with Crippen molar-refractivity contribution in [3.63, 3.8) is 0 Å². The zero-order valence-corrected chi connectivity index (χ0v) is 7.60. The number of pyridine rings is 1. The molecule has 1 aromatic rings. The Morgan fingerprint density at radius 2 is 2.07 bits per heavy atom. The molecule has 14 heavy (non-hydrogen) atoms. The number of aliphatic carboxylic acids is 1. The maximum atomic E-state index is 11.3. The number of allylic oxidation sites excluding steroid dienone is 1. The van der Waals surface area contributed by atoms with Crippen LogP contribution in [0, 0.1) is 6.92 Å². The molecule has 0 radical (unpaired) electrons. The third-order valence-electron chi connectivity index (χ3n) is 1.57. The van der Waals surface area contributed by atoms with Gasteiger partial charge in [0, 0.05) is 23.5 Å². The van der Waals surface area contributed by atoms with Gasteiger partial charge in [0.1, 0.15) is 0 Å². The van der Waals surface area contributed by atoms with Gasteiger partial charge in [0.05, 0.1) is 0 Å². The van der Waals surface area contributed by atoms with E-state index in [1.165, 1.54) is 6.20 Å². The number of hydrogen-bond donors (Lipinski definition) is 1. The molecule has 1 aromatic heterocycles. The summed E-state index contributed by atoms with van der Waals surface area (Å²) >= 11 is 0. The van der Waals surface area contributed by atoms with Crippen molar-refractivity contribution < 1.29 is 14.7 Å². The first-order chi connectivity index (χ1) is 6.59. The molecule has 0 saturated carbocycles. The summed E-state index contributed by atoms with van der Waals surface area (Å²) in [5.41, 5.74) is 1.19. The maximum absolute atomic E-state index is 11.3. The molecule has 0 atom stereocenters. The summed E-state index contributed by atoms with van der Waals surface area (Å²) in [5, 5.41) is 8.30. The molecule has 1 N–H and O–H groups in total. The minimum absolute atomic E-state index is 0.361. The van der Waals surface area contributed by atoms with Crippen molar-refractivity contribution in [1.29, 1.82) is 0 Å². The van der Waals surface area contributed by atoms with Gasteiger partial charge in [-0.05, 0) is 25.1 Å². The molecule has 0 bridgehead atoms. The zero-order chi connectivity index (χ0) is 10.6. The van der Waals surface area contributed by atoms with E-state index in [1.807, 2.05) is 0 Å². The lowest BCUT2D eigenvalue weighted by Crippen LogP contribution is -1.97. The molecule has 0 fully saturated rings. The van der Waals surface area contributed by atoms with Crippen LogP contribution in [0.2, 0.25) is 0 Å². The summed E-state index contributed by atoms with van der Waals surface area (Å²) in [5.74, 6) is -1.50. The summed E-state index contributed by atoms with van der Waals surface area (Å²) in [6, 6.07) is 3.30. The average molecular weight is 191 g/mol. The topological polar surface area (TPSA) is 67.3 Å². The van der Waals surface area contributed by atoms with E-state index in [0.29, 0.717) is 5.56 Å². The number of nitrogens with zero attached hydrogens (tertiary/aromatic N) is 1. The molecule has 0 aromatic carbocycles. The Labute approximate surface area is 80.9 Å². The number of aromatic nitrogens is 1. The quantitative estimate of drug-likeness (QED) is 0.576. The lowest BCUT2D eigenvalue weighted by atomic mass is 10.1. The van der Waals surface area contributed by atoms with E-state index in [1.54, 1.807) is 19.1 Å². The Balaban J connectivity index is 2.80. The predicted octanol–water partition coefficient (Wildman–Crippen LogP) is 1.21. The van der Waals surface area contributed by atoms with E-state index in [9.17, 15) is 9.59 Å². The summed E-state index contributed by atoms with van der Waals surface area (Å²) < 4.78 is 0. The van der Waals surface area contributed by atoms with Crippen LogP contribution in [0.3, 0.4) is 0 Å². The standard InChI is InChI=1S/C10H9NO3/c1-7-2-3-8(6-11-7)9(12)4-5-10(13)14/h2-6H,1H3,(H,13,14)/b5-4+. The molecule has 0 spiro atoms. The van der Waals surface area contributed by atoms with Crippen molar-refractivity contribution >= 4 is 11.8 Å². The molecular weight excluding hydrogens is 182 g/mol. The van der Waals surface area contributed by atoms with Crippen LogP contribution in [0.5, 0.6) is 0 Å². The lowest BCUT2D eigenvalue weighted by molar-refractivity contribution is -0.131. The SMILES string of the molecule is Cc1ccc(C(=O)/C=C/C(=O)O)cn1. The van der Waals surface area contributed by atoms with Crippen LogP contribution in [0.1, 0.15) is 16.1 Å². The summed E-state index contributed by atoms with van der Waals surface area (Å²) in [6.45, 7) is 1.81. The van der Waals surface area contributed by atoms with Crippen LogP contribution >= 0.6 is 0 Å². The minimum Gasteiger partial charge on any atom is -0.478 e. The molecule has 0 unspecified atom stereocenters. The number of aryl methyl sites for hydroxylation is 1. The summed E-state index contributed by atoms with van der Waals surface area (Å²) in [4.78, 5) is 25.3. The summed E-state index contributed by atoms with van der Waals surface area (Å²) in [6.07, 6.45) is 3.24. The second-order valence-corrected chi connectivity index (χ2v) is 2.72. The number of carbonyl (C=O) groups is 2. The van der Waals surface area contributed by atoms with Crippen LogP contribution in [0.25, 0.3) is 0 Å². The Kier molecular flexibility index (Phi) is 3.12. The first-order valence-corrected chi connectivity index (χ1v) is 3.97. The third-order valence-corrected chi connectivity index (χ3v) is 1.57. The first-order valence-electron chi connectivity index (χ1n) is 3.97. The Bertz CT molecular complexity index is 379. The number of carboxylic acid groups (broad SMARTS) is 1. The fraction of sp³-hybridized carbons (Fsp3) is 0.100. The molecule has 4 nitrogen and oxygen atoms in total. The molecule has 0 saturated heterocycles. The van der Waals surface area contributed by atoms with Gasteiger partial charge in [-0.1, -0.05) is 0 Å². The summed E-state index contributed by atoms with van der Waals surface area (Å²) in [7, 11) is 0. The highest BCUT2D eigenvalue weighted by Crippen LogP contribution is 2.01. The smallest absolute Gasteiger partial charge is 0.328 e. The van der Waals surface area contributed by atoms with Crippen LogP contribution in [0.15, 0.2) is 30.5 Å². The number of hydrogen-bond acceptors (Lipinski definition) is 3. The maximum Gasteiger partial charge on any atom is 0.328 e. The highest BCUT2D eigenvalue weighted by atomic mass is 16.4. The second-order valence-electron chi connectivity index (χ2n) is 2.72. The van der Waals surface area contributed by atoms with E-state index in [2.05, 4.69) is 4.98 Å². The van der Waals surface area contributed by atoms with E-state index in [0.717, 1.165) is 17.8 Å². The second kappa shape index (κ2) is 4.32. The zero-order valence-electron chi connectivity index (χ0n) is 7.60. The molecular formula is C10H9NO3. The van der Waals surface area contributed by atoms with Crippen molar-refractivity contribution in [2.45, 2.75) is 6.92 Å². The number of carboxylic acids is 1. The van der Waals surface area contributed by atoms with E-state index in [4.69, 9.17) is 5.11 Å². The third kappa shape index (κ3) is 2.82. The molecule has 4 heteroatoms. The number of ketones is 1. The largest absolute Gasteiger partial charge is 0.478 e. The monoisotopic (exact) mass is 191 g/mol. The number of rotatable bonds is 3. The predicted molar refractivity (Wildman–Crippen MR) is 50.1 cm³/mol. The van der Waals surface area contributed by atoms with Gasteiger partial charge >= 0.3 is 5.97 Å². The van der Waals surface area contributed by atoms with E-state index in [-0.39, 0.29) is 5.78 Å². The van der Waals surface area contributed by atoms with Crippen LogP contribution in [-0.2, 0) is 4.79 Å². The van der Waals surface area contributed by atoms with Gasteiger partial charge in [0.2, 0.25) is 0 Å². The highest BCUT2D eigenvalue weighted by Gasteiger charge is 2.01. The average Bonchev–Trinajstić information content (AvgIpc) is 2.15. The van der Waals surface area contributed by atoms with Gasteiger partial charge in [0.25, 0.3) is 0 Å². The first kappa shape index (κ1) is 10.1. The minimum atomic E-state index is -1.14. The van der Waals surface area contributed by atoms with Gasteiger partial charge in [-0.2, -0.15) is 0 Å². The van der Waals surface area contributed by atoms with Crippen molar-refractivity contribution in [2.24, 2.45) is 0 Å². The number of carbonyl (C=O) groups excluding carboxylic acids is 1. The highest BCUT2D eigenvalue weighted by molar-refractivity contribution is 6.06. The van der Waals surface area contributed by atoms with E-state index < -0.39 is 5.97 Å². The van der Waals surface area contributed by atoms with Gasteiger partial charge in [-0.25, -0.2) is 4.79 Å². The fourth-order valence-electron chi connectivity index (χ4n) is 0.857. The van der Waals surface area contributed by atoms with Gasteiger partial charge < -0.3 is 5.11 Å². The molecule has 0 aliphatic carbocycles. The lowest BCUT2D eigenvalue weighted by Gasteiger charge is -1.94. The Hall–Kier alpha value is -1.97. The van der Waals surface area contributed by atoms with Gasteiger partial charge in [-0.15, -0.1) is 0 Å². The van der Waals surface area contributed by atoms with Crippen molar-refractivity contribution in [3.8, 4) is 0 Å². The normalized spacial score (nSPS) is 10.4. The van der Waals surface area contributed by atoms with Crippen molar-refractivity contribution in [3.05, 3.63) is 41.7 Å². The molecule has 1 rings (SSSR count). The van der Waals surface area contributed by atoms with Crippen molar-refractivity contribution in [1.82, 2.24) is 4.98 Å². The van der Waals surface area contributed by atoms with Gasteiger partial charge in [0.15, 0.2) is 5.78 Å². The Morgan fingerprint density at radius 3 is 2.57 bits per heavy atom. The molecule has 72 valence electrons. The molecule has 0 aliphatic rings. The van der Waals surface area contributed by atoms with Crippen molar-refractivity contribution in [2.75, 3.05) is 0 Å². The molecule has 1 heterocycles. The fourth-order valence-corrected chi connectivity index (χ4v) is 0.857. The van der Waals surface area contributed by atoms with E-state index >= 15 is 0 Å². The van der Waals surface area contributed by atoms with Gasteiger partial charge in [-0.3, -0.25) is 9.78 Å². The molecule has 0 amide bonds. The van der Waals surface area contributed by atoms with Crippen LogP contribution in [-0.4, -0.2) is 21.8 Å². The molecule has 0 aliphatic heterocycles. The van der Waals surface area contributed by atoms with Crippen LogP contribution < -0.4 is 0 Å². The Morgan fingerprint density at radius 1 is 1.36 bits per heavy atom.